The van der Waals surface area contributed by atoms with E-state index in [1.807, 2.05) is 0 Å². The van der Waals surface area contributed by atoms with E-state index in [1.165, 1.54) is 19.3 Å². The molecule has 0 heterocycles. The Hall–Kier alpha value is -1.14. The van der Waals surface area contributed by atoms with Crippen molar-refractivity contribution in [2.75, 3.05) is 13.2 Å². The molecule has 0 aromatic heterocycles. The fourth-order valence-electron chi connectivity index (χ4n) is 1.11. The highest BCUT2D eigenvalue weighted by molar-refractivity contribution is 6.27. The summed E-state index contributed by atoms with van der Waals surface area (Å²) in [5, 5.41) is 31.7. The quantitative estimate of drug-likeness (QED) is 0.375. The van der Waals surface area contributed by atoms with Crippen molar-refractivity contribution in [1.82, 2.24) is 0 Å². The summed E-state index contributed by atoms with van der Waals surface area (Å²) in [6.07, 6.45) is 7.89. The molecule has 0 aromatic rings. The lowest BCUT2D eigenvalue weighted by atomic mass is 10.1. The Balaban J connectivity index is 0. The van der Waals surface area contributed by atoms with Gasteiger partial charge < -0.3 is 20.4 Å². The largest absolute Gasteiger partial charge is 0.473 e. The van der Waals surface area contributed by atoms with Gasteiger partial charge in [0.2, 0.25) is 0 Å². The molecule has 0 bridgehead atoms. The zero-order valence-electron chi connectivity index (χ0n) is 9.97. The van der Waals surface area contributed by atoms with E-state index in [0.29, 0.717) is 13.2 Å². The minimum absolute atomic E-state index is 0.330. The van der Waals surface area contributed by atoms with Crippen molar-refractivity contribution in [1.29, 1.82) is 0 Å². The Bertz CT molecular complexity index is 172. The second kappa shape index (κ2) is 14.9. The normalized spacial score (nSPS) is 9.29. The van der Waals surface area contributed by atoms with Gasteiger partial charge in [0, 0.05) is 13.2 Å². The van der Waals surface area contributed by atoms with Gasteiger partial charge in [-0.3, -0.25) is 0 Å². The first-order valence-corrected chi connectivity index (χ1v) is 5.74. The van der Waals surface area contributed by atoms with Crippen LogP contribution < -0.4 is 0 Å². The molecule has 0 saturated carbocycles. The molecular formula is C11H22O6. The van der Waals surface area contributed by atoms with E-state index in [9.17, 15) is 0 Å². The van der Waals surface area contributed by atoms with Gasteiger partial charge in [-0.2, -0.15) is 0 Å². The van der Waals surface area contributed by atoms with Gasteiger partial charge in [-0.1, -0.05) is 32.1 Å². The zero-order chi connectivity index (χ0) is 13.5. The number of aliphatic hydroxyl groups is 2. The lowest BCUT2D eigenvalue weighted by Crippen LogP contribution is -2.09. The third kappa shape index (κ3) is 20.8. The number of aliphatic hydroxyl groups excluding tert-OH is 2. The van der Waals surface area contributed by atoms with Crippen LogP contribution in [0.5, 0.6) is 0 Å². The van der Waals surface area contributed by atoms with Gasteiger partial charge in [-0.05, 0) is 12.8 Å². The standard InChI is InChI=1S/C9H20O2.C2H2O4/c10-8-6-4-2-1-3-5-7-9-11;3-1(4)2(5)6/h10-11H,1-9H2;(H,3,4)(H,5,6). The number of hydrogen-bond acceptors (Lipinski definition) is 4. The Kier molecular flexibility index (Phi) is 15.9. The van der Waals surface area contributed by atoms with Crippen molar-refractivity contribution < 1.29 is 30.0 Å². The summed E-state index contributed by atoms with van der Waals surface area (Å²) in [7, 11) is 0. The van der Waals surface area contributed by atoms with Crippen molar-refractivity contribution in [3.63, 3.8) is 0 Å². The third-order valence-corrected chi connectivity index (χ3v) is 2.00. The average molecular weight is 250 g/mol. The highest BCUT2D eigenvalue weighted by Gasteiger charge is 2.04. The zero-order valence-corrected chi connectivity index (χ0v) is 9.97. The molecule has 102 valence electrons. The lowest BCUT2D eigenvalue weighted by Gasteiger charge is -1.98. The molecule has 0 amide bonds. The maximum atomic E-state index is 9.10. The number of unbranched alkanes of at least 4 members (excludes halogenated alkanes) is 6. The van der Waals surface area contributed by atoms with Gasteiger partial charge in [-0.15, -0.1) is 0 Å². The molecule has 6 nitrogen and oxygen atoms in total. The van der Waals surface area contributed by atoms with E-state index in [-0.39, 0.29) is 0 Å². The van der Waals surface area contributed by atoms with Crippen LogP contribution >= 0.6 is 0 Å². The SMILES string of the molecule is O=C(O)C(=O)O.OCCCCCCCCCO. The number of aliphatic carboxylic acids is 2. The van der Waals surface area contributed by atoms with Crippen molar-refractivity contribution in [2.24, 2.45) is 0 Å². The third-order valence-electron chi connectivity index (χ3n) is 2.00. The topological polar surface area (TPSA) is 115 Å². The summed E-state index contributed by atoms with van der Waals surface area (Å²) in [6, 6.07) is 0. The van der Waals surface area contributed by atoms with E-state index in [0.717, 1.165) is 25.7 Å². The van der Waals surface area contributed by atoms with Crippen molar-refractivity contribution in [3.8, 4) is 0 Å². The van der Waals surface area contributed by atoms with Crippen LogP contribution in [0.25, 0.3) is 0 Å². The van der Waals surface area contributed by atoms with Crippen LogP contribution in [0.15, 0.2) is 0 Å². The molecular weight excluding hydrogens is 228 g/mol. The van der Waals surface area contributed by atoms with Gasteiger partial charge in [0.25, 0.3) is 0 Å². The van der Waals surface area contributed by atoms with E-state index >= 15 is 0 Å². The molecule has 0 aliphatic rings. The first kappa shape index (κ1) is 18.2. The van der Waals surface area contributed by atoms with Gasteiger partial charge in [0.1, 0.15) is 0 Å². The van der Waals surface area contributed by atoms with Crippen LogP contribution in [-0.2, 0) is 9.59 Å². The molecule has 0 fully saturated rings. The second-order valence-electron chi connectivity index (χ2n) is 3.53. The number of carbonyl (C=O) groups is 2. The maximum Gasteiger partial charge on any atom is 0.414 e. The van der Waals surface area contributed by atoms with Gasteiger partial charge in [0.15, 0.2) is 0 Å². The molecule has 0 aliphatic heterocycles. The fraction of sp³-hybridized carbons (Fsp3) is 0.818. The summed E-state index contributed by atoms with van der Waals surface area (Å²) in [5.41, 5.74) is 0. The summed E-state index contributed by atoms with van der Waals surface area (Å²) in [5.74, 6) is -3.65. The number of carboxylic acids is 2. The Morgan fingerprint density at radius 1 is 0.588 bits per heavy atom. The van der Waals surface area contributed by atoms with Crippen LogP contribution in [0.4, 0.5) is 0 Å². The summed E-state index contributed by atoms with van der Waals surface area (Å²) in [4.78, 5) is 18.2. The maximum absolute atomic E-state index is 9.10. The van der Waals surface area contributed by atoms with Gasteiger partial charge >= 0.3 is 11.9 Å². The van der Waals surface area contributed by atoms with Gasteiger partial charge in [0.05, 0.1) is 0 Å². The Labute approximate surface area is 101 Å². The van der Waals surface area contributed by atoms with E-state index in [4.69, 9.17) is 30.0 Å². The van der Waals surface area contributed by atoms with Crippen molar-refractivity contribution in [3.05, 3.63) is 0 Å². The smallest absolute Gasteiger partial charge is 0.414 e. The highest BCUT2D eigenvalue weighted by Crippen LogP contribution is 2.06. The second-order valence-corrected chi connectivity index (χ2v) is 3.53. The molecule has 0 spiro atoms. The lowest BCUT2D eigenvalue weighted by molar-refractivity contribution is -0.159. The van der Waals surface area contributed by atoms with E-state index in [1.54, 1.807) is 0 Å². The Morgan fingerprint density at radius 2 is 0.824 bits per heavy atom. The molecule has 0 unspecified atom stereocenters. The predicted molar refractivity (Wildman–Crippen MR) is 61.8 cm³/mol. The summed E-state index contributed by atoms with van der Waals surface area (Å²) >= 11 is 0. The molecule has 0 saturated heterocycles. The first-order valence-electron chi connectivity index (χ1n) is 5.74. The summed E-state index contributed by atoms with van der Waals surface area (Å²) < 4.78 is 0. The van der Waals surface area contributed by atoms with Gasteiger partial charge in [-0.25, -0.2) is 9.59 Å². The van der Waals surface area contributed by atoms with Crippen molar-refractivity contribution >= 4 is 11.9 Å². The Morgan fingerprint density at radius 3 is 1.00 bits per heavy atom. The number of rotatable bonds is 8. The fourth-order valence-corrected chi connectivity index (χ4v) is 1.11. The summed E-state index contributed by atoms with van der Waals surface area (Å²) in [6.45, 7) is 0.660. The molecule has 0 aromatic carbocycles. The molecule has 0 aliphatic carbocycles. The number of hydrogen-bond donors (Lipinski definition) is 4. The first-order chi connectivity index (χ1) is 8.06. The number of carboxylic acid groups (broad SMARTS) is 2. The van der Waals surface area contributed by atoms with Crippen LogP contribution in [0.3, 0.4) is 0 Å². The highest BCUT2D eigenvalue weighted by atomic mass is 16.4. The van der Waals surface area contributed by atoms with Crippen LogP contribution in [0.2, 0.25) is 0 Å². The molecule has 6 heteroatoms. The van der Waals surface area contributed by atoms with E-state index in [2.05, 4.69) is 0 Å². The minimum Gasteiger partial charge on any atom is -0.473 e. The van der Waals surface area contributed by atoms with Crippen LogP contribution in [0.1, 0.15) is 44.9 Å². The molecule has 0 atom stereocenters. The monoisotopic (exact) mass is 250 g/mol. The minimum atomic E-state index is -1.82. The molecule has 17 heavy (non-hydrogen) atoms. The molecule has 0 rings (SSSR count). The van der Waals surface area contributed by atoms with E-state index < -0.39 is 11.9 Å². The van der Waals surface area contributed by atoms with Crippen LogP contribution in [0, 0.1) is 0 Å². The molecule has 0 radical (unpaired) electrons. The molecule has 4 N–H and O–H groups in total. The van der Waals surface area contributed by atoms with Crippen molar-refractivity contribution in [2.45, 2.75) is 44.9 Å². The van der Waals surface area contributed by atoms with Crippen LogP contribution in [-0.4, -0.2) is 45.6 Å². The predicted octanol–water partition coefficient (Wildman–Crippen LogP) is 0.857. The average Bonchev–Trinajstić information content (AvgIpc) is 2.29.